The first-order chi connectivity index (χ1) is 35.5. The van der Waals surface area contributed by atoms with Crippen molar-refractivity contribution in [3.63, 3.8) is 0 Å². The summed E-state index contributed by atoms with van der Waals surface area (Å²) in [7, 11) is -1.78. The molecule has 0 aliphatic heterocycles. The van der Waals surface area contributed by atoms with Gasteiger partial charge in [0.15, 0.2) is 0 Å². The van der Waals surface area contributed by atoms with Gasteiger partial charge in [-0.2, -0.15) is 0 Å². The third-order valence-corrected chi connectivity index (χ3v) is 15.8. The second-order valence-electron chi connectivity index (χ2n) is 21.1. The number of imidazole rings is 1. The van der Waals surface area contributed by atoms with Gasteiger partial charge in [-0.3, -0.25) is 4.98 Å². The molecule has 5 heteroatoms. The van der Waals surface area contributed by atoms with Crippen LogP contribution in [0.15, 0.2) is 164 Å². The Hall–Kier alpha value is -5.97. The molecule has 0 bridgehead atoms. The van der Waals surface area contributed by atoms with Crippen molar-refractivity contribution in [2.24, 2.45) is 5.92 Å². The van der Waals surface area contributed by atoms with E-state index < -0.39 is 26.7 Å². The van der Waals surface area contributed by atoms with Crippen LogP contribution < -0.4 is 5.19 Å². The predicted molar refractivity (Wildman–Crippen MR) is 300 cm³/mol. The zero-order valence-corrected chi connectivity index (χ0v) is 46.5. The number of pyridine rings is 1. The molecule has 1 radical (unpaired) electrons. The van der Waals surface area contributed by atoms with Crippen LogP contribution in [0, 0.1) is 24.9 Å². The molecule has 0 unspecified atom stereocenters. The Kier molecular flexibility index (Phi) is 13.3. The van der Waals surface area contributed by atoms with E-state index in [4.69, 9.17) is 11.8 Å². The number of hydrogen-bond acceptors (Lipinski definition) is 2. The number of benzene rings is 7. The average Bonchev–Trinajstić information content (AvgIpc) is 4.04. The van der Waals surface area contributed by atoms with E-state index in [0.717, 1.165) is 27.6 Å². The summed E-state index contributed by atoms with van der Waals surface area (Å²) in [6, 6.07) is 62.5. The molecule has 0 saturated heterocycles. The molecule has 3 nitrogen and oxygen atoms in total. The zero-order chi connectivity index (χ0) is 53.8. The third-order valence-electron chi connectivity index (χ3n) is 13.8. The first kappa shape index (κ1) is 44.9. The van der Waals surface area contributed by atoms with Gasteiger partial charge in [0.2, 0.25) is 0 Å². The van der Waals surface area contributed by atoms with Gasteiger partial charge < -0.3 is 9.55 Å². The Bertz CT molecular complexity index is 3440. The van der Waals surface area contributed by atoms with E-state index in [1.54, 1.807) is 18.3 Å². The van der Waals surface area contributed by atoms with Gasteiger partial charge in [0, 0.05) is 44.3 Å². The van der Waals surface area contributed by atoms with Crippen LogP contribution >= 0.6 is 0 Å². The Labute approximate surface area is 446 Å². The van der Waals surface area contributed by atoms with Gasteiger partial charge in [-0.05, 0) is 92.0 Å². The Morgan fingerprint density at radius 1 is 0.634 bits per heavy atom. The topological polar surface area (TPSA) is 30.7 Å². The van der Waals surface area contributed by atoms with E-state index in [1.807, 2.05) is 19.9 Å². The van der Waals surface area contributed by atoms with Gasteiger partial charge in [-0.25, -0.2) is 0 Å². The van der Waals surface area contributed by atoms with Crippen LogP contribution in [0.25, 0.3) is 50.5 Å². The SMILES string of the molecule is CC(C)c1ccc2c(c1)C(c1ccccc1)(c1ccccc1)c1c[c-]c(-c3nc4ccccc4n3-c3c(C(C)C)cccc3C(C)C)cc1-2.[2H]C([2H])([2H])c1c[c-]c(-c2cc(C([2H])([2H])C(C)C)c([Si](C)(C)C)cn2)cc1.[Ir]. The van der Waals surface area contributed by atoms with Gasteiger partial charge in [0.05, 0.1) is 24.9 Å². The number of para-hydroxylation sites is 3. The largest absolute Gasteiger partial charge is 0.333 e. The van der Waals surface area contributed by atoms with Crippen LogP contribution in [-0.4, -0.2) is 22.6 Å². The van der Waals surface area contributed by atoms with Crippen LogP contribution in [-0.2, 0) is 31.9 Å². The fourth-order valence-corrected chi connectivity index (χ4v) is 11.8. The van der Waals surface area contributed by atoms with E-state index in [9.17, 15) is 0 Å². The summed E-state index contributed by atoms with van der Waals surface area (Å²) in [5.74, 6) is 1.87. The van der Waals surface area contributed by atoms with Crippen molar-refractivity contribution in [3.05, 3.63) is 226 Å². The zero-order valence-electron chi connectivity index (χ0n) is 48.1. The molecule has 1 aliphatic carbocycles. The summed E-state index contributed by atoms with van der Waals surface area (Å²) >= 11 is 0. The second kappa shape index (κ2) is 21.0. The van der Waals surface area contributed by atoms with E-state index in [-0.39, 0.29) is 31.6 Å². The number of nitrogens with zero attached hydrogens (tertiary/aromatic N) is 3. The molecule has 0 fully saturated rings. The number of aryl methyl sites for hydroxylation is 1. The van der Waals surface area contributed by atoms with E-state index in [0.29, 0.717) is 34.6 Å². The first-order valence-electron chi connectivity index (χ1n) is 27.5. The minimum absolute atomic E-state index is 0. The third kappa shape index (κ3) is 9.86. The Morgan fingerprint density at radius 2 is 1.27 bits per heavy atom. The molecule has 2 aromatic heterocycles. The van der Waals surface area contributed by atoms with Crippen LogP contribution in [0.4, 0.5) is 0 Å². The van der Waals surface area contributed by atoms with Gasteiger partial charge >= 0.3 is 0 Å². The summed E-state index contributed by atoms with van der Waals surface area (Å²) in [4.78, 5) is 9.90. The van der Waals surface area contributed by atoms with Crippen LogP contribution in [0.1, 0.15) is 130 Å². The first-order valence-corrected chi connectivity index (χ1v) is 28.5. The summed E-state index contributed by atoms with van der Waals surface area (Å²) in [5, 5.41) is 1.01. The molecule has 71 heavy (non-hydrogen) atoms. The van der Waals surface area contributed by atoms with Crippen molar-refractivity contribution in [1.29, 1.82) is 0 Å². The van der Waals surface area contributed by atoms with Gasteiger partial charge in [0.25, 0.3) is 0 Å². The quantitative estimate of drug-likeness (QED) is 0.0954. The maximum absolute atomic E-state index is 8.59. The molecule has 363 valence electrons. The van der Waals surface area contributed by atoms with Crippen LogP contribution in [0.2, 0.25) is 19.6 Å². The molecule has 0 amide bonds. The molecule has 0 N–H and O–H groups in total. The smallest absolute Gasteiger partial charge is 0.0798 e. The average molecular weight is 1130 g/mol. The van der Waals surface area contributed by atoms with Crippen molar-refractivity contribution in [2.75, 3.05) is 0 Å². The van der Waals surface area contributed by atoms with Crippen LogP contribution in [0.3, 0.4) is 0 Å². The molecule has 9 aromatic rings. The molecule has 0 atom stereocenters. The van der Waals surface area contributed by atoms with Crippen molar-refractivity contribution in [2.45, 2.75) is 111 Å². The van der Waals surface area contributed by atoms with E-state index >= 15 is 0 Å². The minimum atomic E-state index is -2.16. The number of fused-ring (bicyclic) bond motifs is 4. The van der Waals surface area contributed by atoms with E-state index in [1.165, 1.54) is 61.8 Å². The fourth-order valence-electron chi connectivity index (χ4n) is 10.3. The maximum atomic E-state index is 8.59. The maximum Gasteiger partial charge on any atom is 0.0798 e. The van der Waals surface area contributed by atoms with Crippen LogP contribution in [0.5, 0.6) is 0 Å². The van der Waals surface area contributed by atoms with Gasteiger partial charge in [-0.1, -0.05) is 208 Å². The molecule has 2 heterocycles. The normalized spacial score (nSPS) is 14.2. The number of rotatable bonds is 11. The summed E-state index contributed by atoms with van der Waals surface area (Å²) in [6.07, 6.45) is 0.328. The minimum Gasteiger partial charge on any atom is -0.333 e. The monoisotopic (exact) mass is 1130 g/mol. The van der Waals surface area contributed by atoms with Gasteiger partial charge in [-0.15, -0.1) is 64.7 Å². The van der Waals surface area contributed by atoms with Gasteiger partial charge in [0.1, 0.15) is 0 Å². The molecular weight excluding hydrogens is 1060 g/mol. The molecule has 1 aliphatic rings. The number of hydrogen-bond donors (Lipinski definition) is 0. The Morgan fingerprint density at radius 3 is 1.85 bits per heavy atom. The van der Waals surface area contributed by atoms with Crippen molar-refractivity contribution in [3.8, 4) is 39.5 Å². The molecule has 0 spiro atoms. The molecular formula is C66H69IrN3Si-2. The molecule has 0 saturated carbocycles. The van der Waals surface area contributed by atoms with E-state index in [2.05, 4.69) is 216 Å². The van der Waals surface area contributed by atoms with Crippen molar-refractivity contribution >= 4 is 24.3 Å². The number of aromatic nitrogens is 3. The van der Waals surface area contributed by atoms with Crippen molar-refractivity contribution < 1.29 is 27.0 Å². The standard InChI is InChI=1S/C47H43N2.C19H26NSi.Ir/c1-30(2)33-24-26-39-40-28-34(25-27-41(40)47(42(39)29-33,35-16-9-7-10-17-35)36-18-11-8-12-19-36)46-48-43-22-13-14-23-44(43)49(46)45-37(31(3)4)20-15-21-38(45)32(5)6;1-14(2)11-17-12-18(16-9-7-15(3)8-10-16)20-13-19(17)21(4,5)6;/h7-24,26-32H,1-6H3;7-9,12-14H,11H2,1-6H3;/q2*-1;/i;3D3,11D2;. The summed E-state index contributed by atoms with van der Waals surface area (Å²) in [6.45, 7) is 21.9. The van der Waals surface area contributed by atoms with Crippen molar-refractivity contribution in [1.82, 2.24) is 14.5 Å². The Balaban J connectivity index is 0.000000241. The summed E-state index contributed by atoms with van der Waals surface area (Å²) < 4.78 is 42.0. The molecule has 10 rings (SSSR count). The second-order valence-corrected chi connectivity index (χ2v) is 26.2. The molecule has 7 aromatic carbocycles. The fraction of sp³-hybridized carbons (Fsp3) is 0.273. The summed E-state index contributed by atoms with van der Waals surface area (Å²) in [5.41, 5.74) is 17.7. The predicted octanol–water partition coefficient (Wildman–Crippen LogP) is 16.8.